The predicted octanol–water partition coefficient (Wildman–Crippen LogP) is 3.31. The number of nitrogens with one attached hydrogen (secondary N) is 2. The molecular weight excluding hydrogens is 288 g/mol. The normalized spacial score (nSPS) is 10.2. The van der Waals surface area contributed by atoms with Gasteiger partial charge < -0.3 is 10.6 Å². The molecule has 1 aromatic heterocycles. The Morgan fingerprint density at radius 1 is 1.30 bits per heavy atom. The SMILES string of the molecule is CNc1c(F)cc(C(=O)Nc2ncccc2Cl)cc1F. The Bertz CT molecular complexity index is 641. The van der Waals surface area contributed by atoms with E-state index >= 15 is 0 Å². The van der Waals surface area contributed by atoms with E-state index < -0.39 is 17.5 Å². The van der Waals surface area contributed by atoms with Gasteiger partial charge in [-0.2, -0.15) is 0 Å². The number of hydrogen-bond acceptors (Lipinski definition) is 3. The minimum atomic E-state index is -0.857. The lowest BCUT2D eigenvalue weighted by Crippen LogP contribution is -2.14. The summed E-state index contributed by atoms with van der Waals surface area (Å²) in [4.78, 5) is 15.8. The topological polar surface area (TPSA) is 54.0 Å². The lowest BCUT2D eigenvalue weighted by molar-refractivity contribution is 0.102. The van der Waals surface area contributed by atoms with Crippen molar-refractivity contribution in [3.05, 3.63) is 52.7 Å². The first-order valence-electron chi connectivity index (χ1n) is 5.61. The molecule has 1 amide bonds. The fourth-order valence-corrected chi connectivity index (χ4v) is 1.77. The second-order valence-electron chi connectivity index (χ2n) is 3.85. The van der Waals surface area contributed by atoms with Gasteiger partial charge in [0.1, 0.15) is 17.3 Å². The van der Waals surface area contributed by atoms with Crippen LogP contribution in [0.4, 0.5) is 20.3 Å². The summed E-state index contributed by atoms with van der Waals surface area (Å²) in [5.74, 6) is -2.29. The van der Waals surface area contributed by atoms with Crippen LogP contribution in [0.15, 0.2) is 30.5 Å². The number of hydrogen-bond donors (Lipinski definition) is 2. The first-order chi connectivity index (χ1) is 9.52. The van der Waals surface area contributed by atoms with Crippen LogP contribution in [0.1, 0.15) is 10.4 Å². The fourth-order valence-electron chi connectivity index (χ4n) is 1.60. The number of anilines is 2. The molecule has 0 bridgehead atoms. The van der Waals surface area contributed by atoms with Crippen LogP contribution in [0.2, 0.25) is 5.02 Å². The highest BCUT2D eigenvalue weighted by Gasteiger charge is 2.15. The number of aromatic nitrogens is 1. The molecule has 0 atom stereocenters. The van der Waals surface area contributed by atoms with Crippen LogP contribution in [0.5, 0.6) is 0 Å². The van der Waals surface area contributed by atoms with Gasteiger partial charge in [0.2, 0.25) is 0 Å². The smallest absolute Gasteiger partial charge is 0.257 e. The molecule has 0 saturated carbocycles. The highest BCUT2D eigenvalue weighted by atomic mass is 35.5. The summed E-state index contributed by atoms with van der Waals surface area (Å²) in [6, 6.07) is 5.00. The number of halogens is 3. The second-order valence-corrected chi connectivity index (χ2v) is 4.26. The number of carbonyl (C=O) groups is 1. The Labute approximate surface area is 118 Å². The fraction of sp³-hybridized carbons (Fsp3) is 0.0769. The number of nitrogens with zero attached hydrogens (tertiary/aromatic N) is 1. The van der Waals surface area contributed by atoms with Crippen molar-refractivity contribution in [2.45, 2.75) is 0 Å². The Morgan fingerprint density at radius 2 is 1.95 bits per heavy atom. The molecule has 0 spiro atoms. The lowest BCUT2D eigenvalue weighted by atomic mass is 10.1. The molecule has 7 heteroatoms. The number of pyridine rings is 1. The first kappa shape index (κ1) is 14.2. The zero-order valence-corrected chi connectivity index (χ0v) is 11.1. The summed E-state index contributed by atoms with van der Waals surface area (Å²) in [5, 5.41) is 4.99. The van der Waals surface area contributed by atoms with E-state index in [1.807, 2.05) is 0 Å². The van der Waals surface area contributed by atoms with Crippen molar-refractivity contribution < 1.29 is 13.6 Å². The third kappa shape index (κ3) is 2.85. The number of benzene rings is 1. The van der Waals surface area contributed by atoms with Crippen molar-refractivity contribution in [1.29, 1.82) is 0 Å². The van der Waals surface area contributed by atoms with E-state index in [4.69, 9.17) is 11.6 Å². The number of amides is 1. The molecular formula is C13H10ClF2N3O. The molecule has 1 aromatic carbocycles. The van der Waals surface area contributed by atoms with Crippen LogP contribution in [0.3, 0.4) is 0 Å². The van der Waals surface area contributed by atoms with Gasteiger partial charge in [-0.3, -0.25) is 4.79 Å². The van der Waals surface area contributed by atoms with Crippen LogP contribution in [0, 0.1) is 11.6 Å². The predicted molar refractivity (Wildman–Crippen MR) is 73.1 cm³/mol. The van der Waals surface area contributed by atoms with E-state index in [1.54, 1.807) is 6.07 Å². The number of carbonyl (C=O) groups excluding carboxylic acids is 1. The summed E-state index contributed by atoms with van der Waals surface area (Å²) in [6.45, 7) is 0. The van der Waals surface area contributed by atoms with Crippen molar-refractivity contribution in [3.8, 4) is 0 Å². The van der Waals surface area contributed by atoms with Crippen LogP contribution < -0.4 is 10.6 Å². The van der Waals surface area contributed by atoms with Gasteiger partial charge in [0.25, 0.3) is 5.91 Å². The molecule has 2 aromatic rings. The van der Waals surface area contributed by atoms with Gasteiger partial charge in [0.05, 0.1) is 5.02 Å². The summed E-state index contributed by atoms with van der Waals surface area (Å²) < 4.78 is 27.1. The van der Waals surface area contributed by atoms with Crippen LogP contribution in [-0.2, 0) is 0 Å². The van der Waals surface area contributed by atoms with Crippen molar-refractivity contribution in [2.75, 3.05) is 17.7 Å². The van der Waals surface area contributed by atoms with Crippen LogP contribution >= 0.6 is 11.6 Å². The average molecular weight is 298 g/mol. The maximum Gasteiger partial charge on any atom is 0.257 e. The Hall–Kier alpha value is -2.21. The largest absolute Gasteiger partial charge is 0.383 e. The van der Waals surface area contributed by atoms with Crippen LogP contribution in [0.25, 0.3) is 0 Å². The third-order valence-corrected chi connectivity index (χ3v) is 2.85. The van der Waals surface area contributed by atoms with E-state index in [0.29, 0.717) is 0 Å². The molecule has 104 valence electrons. The molecule has 0 radical (unpaired) electrons. The summed E-state index contributed by atoms with van der Waals surface area (Å²) in [6.07, 6.45) is 1.44. The van der Waals surface area contributed by atoms with Gasteiger partial charge >= 0.3 is 0 Å². The highest BCUT2D eigenvalue weighted by molar-refractivity contribution is 6.33. The van der Waals surface area contributed by atoms with Gasteiger partial charge in [-0.1, -0.05) is 11.6 Å². The van der Waals surface area contributed by atoms with Gasteiger partial charge in [-0.15, -0.1) is 0 Å². The maximum atomic E-state index is 13.6. The monoisotopic (exact) mass is 297 g/mol. The molecule has 0 fully saturated rings. The van der Waals surface area contributed by atoms with E-state index in [9.17, 15) is 13.6 Å². The van der Waals surface area contributed by atoms with Crippen molar-refractivity contribution in [2.24, 2.45) is 0 Å². The quantitative estimate of drug-likeness (QED) is 0.914. The summed E-state index contributed by atoms with van der Waals surface area (Å²) in [5.41, 5.74) is -0.460. The zero-order valence-electron chi connectivity index (χ0n) is 10.4. The molecule has 2 rings (SSSR count). The van der Waals surface area contributed by atoms with Crippen molar-refractivity contribution in [3.63, 3.8) is 0 Å². The molecule has 1 heterocycles. The molecule has 0 aliphatic carbocycles. The minimum Gasteiger partial charge on any atom is -0.383 e. The minimum absolute atomic E-state index is 0.123. The van der Waals surface area contributed by atoms with E-state index in [1.165, 1.54) is 19.3 Å². The molecule has 4 nitrogen and oxygen atoms in total. The van der Waals surface area contributed by atoms with Gasteiger partial charge in [-0.25, -0.2) is 13.8 Å². The maximum absolute atomic E-state index is 13.6. The van der Waals surface area contributed by atoms with E-state index in [2.05, 4.69) is 15.6 Å². The molecule has 2 N–H and O–H groups in total. The Morgan fingerprint density at radius 3 is 2.50 bits per heavy atom. The summed E-state index contributed by atoms with van der Waals surface area (Å²) >= 11 is 5.83. The lowest BCUT2D eigenvalue weighted by Gasteiger charge is -2.08. The molecule has 0 saturated heterocycles. The van der Waals surface area contributed by atoms with Crippen LogP contribution in [-0.4, -0.2) is 17.9 Å². The second kappa shape index (κ2) is 5.83. The van der Waals surface area contributed by atoms with Gasteiger partial charge in [-0.05, 0) is 24.3 Å². The molecule has 0 aliphatic heterocycles. The molecule has 0 unspecified atom stereocenters. The third-order valence-electron chi connectivity index (χ3n) is 2.54. The first-order valence-corrected chi connectivity index (χ1v) is 5.99. The highest BCUT2D eigenvalue weighted by Crippen LogP contribution is 2.22. The average Bonchev–Trinajstić information content (AvgIpc) is 2.41. The summed E-state index contributed by atoms with van der Waals surface area (Å²) in [7, 11) is 1.38. The standard InChI is InChI=1S/C13H10ClF2N3O/c1-17-11-9(15)5-7(6-10(11)16)13(20)19-12-8(14)3-2-4-18-12/h2-6,17H,1H3,(H,18,19,20). The van der Waals surface area contributed by atoms with Crippen molar-refractivity contribution >= 4 is 29.0 Å². The Balaban J connectivity index is 2.29. The van der Waals surface area contributed by atoms with Gasteiger partial charge in [0.15, 0.2) is 5.82 Å². The molecule has 20 heavy (non-hydrogen) atoms. The van der Waals surface area contributed by atoms with Gasteiger partial charge in [0, 0.05) is 18.8 Å². The van der Waals surface area contributed by atoms with Crippen molar-refractivity contribution in [1.82, 2.24) is 4.98 Å². The molecule has 0 aliphatic rings. The zero-order chi connectivity index (χ0) is 14.7. The van der Waals surface area contributed by atoms with E-state index in [0.717, 1.165) is 12.1 Å². The number of rotatable bonds is 3. The van der Waals surface area contributed by atoms with E-state index in [-0.39, 0.29) is 22.1 Å². The Kier molecular flexibility index (Phi) is 4.14.